The van der Waals surface area contributed by atoms with Gasteiger partial charge in [-0.05, 0) is 12.5 Å². The molecule has 0 aliphatic carbocycles. The summed E-state index contributed by atoms with van der Waals surface area (Å²) >= 11 is 0. The number of aryl methyl sites for hydroxylation is 3. The van der Waals surface area contributed by atoms with Gasteiger partial charge in [-0.15, -0.1) is 0 Å². The van der Waals surface area contributed by atoms with E-state index in [1.165, 1.54) is 0 Å². The third-order valence-corrected chi connectivity index (χ3v) is 3.72. The first-order valence-electron chi connectivity index (χ1n) is 7.46. The van der Waals surface area contributed by atoms with E-state index in [0.717, 1.165) is 29.1 Å². The summed E-state index contributed by atoms with van der Waals surface area (Å²) in [6.45, 7) is 8.43. The summed E-state index contributed by atoms with van der Waals surface area (Å²) in [5, 5.41) is 19.6. The van der Waals surface area contributed by atoms with Gasteiger partial charge in [-0.2, -0.15) is 10.2 Å². The van der Waals surface area contributed by atoms with Crippen LogP contribution < -0.4 is 0 Å². The number of aliphatic hydroxyl groups is 1. The molecule has 2 aromatic heterocycles. The summed E-state index contributed by atoms with van der Waals surface area (Å²) in [5.74, 6) is 0. The molecule has 116 valence electrons. The summed E-state index contributed by atoms with van der Waals surface area (Å²) in [4.78, 5) is 0. The lowest BCUT2D eigenvalue weighted by molar-refractivity contribution is 0.173. The second kappa shape index (κ2) is 5.64. The third-order valence-electron chi connectivity index (χ3n) is 3.72. The van der Waals surface area contributed by atoms with Crippen LogP contribution >= 0.6 is 0 Å². The molecule has 0 spiro atoms. The monoisotopic (exact) mass is 290 g/mol. The quantitative estimate of drug-likeness (QED) is 0.940. The smallest absolute Gasteiger partial charge is 0.0878 e. The molecule has 2 heterocycles. The topological polar surface area (TPSA) is 55.9 Å². The van der Waals surface area contributed by atoms with E-state index in [0.29, 0.717) is 6.42 Å². The van der Waals surface area contributed by atoms with E-state index in [-0.39, 0.29) is 5.41 Å². The molecule has 5 heteroatoms. The maximum absolute atomic E-state index is 10.6. The number of hydrogen-bond acceptors (Lipinski definition) is 3. The van der Waals surface area contributed by atoms with Crippen molar-refractivity contribution in [2.45, 2.75) is 52.1 Å². The first-order chi connectivity index (χ1) is 9.72. The van der Waals surface area contributed by atoms with Crippen LogP contribution in [0.2, 0.25) is 0 Å². The van der Waals surface area contributed by atoms with Crippen LogP contribution in [0.5, 0.6) is 0 Å². The van der Waals surface area contributed by atoms with Gasteiger partial charge in [0.05, 0.1) is 17.5 Å². The number of aromatic nitrogens is 4. The zero-order chi connectivity index (χ0) is 15.8. The Bertz CT molecular complexity index is 619. The van der Waals surface area contributed by atoms with Gasteiger partial charge in [0.25, 0.3) is 0 Å². The summed E-state index contributed by atoms with van der Waals surface area (Å²) in [6.07, 6.45) is 2.82. The average Bonchev–Trinajstić information content (AvgIpc) is 2.93. The van der Waals surface area contributed by atoms with Gasteiger partial charge in [-0.25, -0.2) is 0 Å². The number of hydrogen-bond donors (Lipinski definition) is 1. The van der Waals surface area contributed by atoms with E-state index in [9.17, 15) is 5.11 Å². The van der Waals surface area contributed by atoms with Crippen molar-refractivity contribution in [2.24, 2.45) is 14.1 Å². The van der Waals surface area contributed by atoms with Crippen LogP contribution in [-0.4, -0.2) is 24.7 Å². The van der Waals surface area contributed by atoms with Gasteiger partial charge < -0.3 is 5.11 Å². The van der Waals surface area contributed by atoms with Crippen molar-refractivity contribution in [3.05, 3.63) is 34.9 Å². The zero-order valence-corrected chi connectivity index (χ0v) is 13.9. The molecule has 2 aromatic rings. The van der Waals surface area contributed by atoms with Crippen LogP contribution in [0.4, 0.5) is 0 Å². The molecule has 1 atom stereocenters. The SMILES string of the molecule is CCc1cc(CC(O)c2cn(C)nc2C(C)(C)C)n(C)n1. The van der Waals surface area contributed by atoms with Crippen molar-refractivity contribution in [2.75, 3.05) is 0 Å². The van der Waals surface area contributed by atoms with Gasteiger partial charge in [-0.3, -0.25) is 9.36 Å². The molecule has 21 heavy (non-hydrogen) atoms. The lowest BCUT2D eigenvalue weighted by Crippen LogP contribution is -2.17. The normalized spacial score (nSPS) is 13.7. The Kier molecular flexibility index (Phi) is 4.23. The lowest BCUT2D eigenvalue weighted by Gasteiger charge is -2.20. The van der Waals surface area contributed by atoms with Crippen LogP contribution in [0.15, 0.2) is 12.3 Å². The second-order valence-electron chi connectivity index (χ2n) is 6.68. The molecule has 0 saturated heterocycles. The summed E-state index contributed by atoms with van der Waals surface area (Å²) in [5.41, 5.74) is 3.88. The van der Waals surface area contributed by atoms with E-state index in [4.69, 9.17) is 0 Å². The van der Waals surface area contributed by atoms with E-state index in [1.54, 1.807) is 4.68 Å². The van der Waals surface area contributed by atoms with Crippen molar-refractivity contribution in [3.8, 4) is 0 Å². The van der Waals surface area contributed by atoms with Gasteiger partial charge in [0.2, 0.25) is 0 Å². The highest BCUT2D eigenvalue weighted by atomic mass is 16.3. The molecule has 0 fully saturated rings. The Morgan fingerprint density at radius 3 is 2.43 bits per heavy atom. The van der Waals surface area contributed by atoms with Crippen molar-refractivity contribution < 1.29 is 5.11 Å². The summed E-state index contributed by atoms with van der Waals surface area (Å²) in [6, 6.07) is 2.07. The Hall–Kier alpha value is -1.62. The molecular formula is C16H26N4O. The van der Waals surface area contributed by atoms with Crippen LogP contribution in [0.1, 0.15) is 56.4 Å². The molecular weight excluding hydrogens is 264 g/mol. The number of rotatable bonds is 4. The molecule has 0 saturated carbocycles. The van der Waals surface area contributed by atoms with Gasteiger partial charge in [0, 0.05) is 43.4 Å². The molecule has 0 aromatic carbocycles. The van der Waals surface area contributed by atoms with Crippen molar-refractivity contribution >= 4 is 0 Å². The Morgan fingerprint density at radius 1 is 1.24 bits per heavy atom. The predicted molar refractivity (Wildman–Crippen MR) is 83.2 cm³/mol. The molecule has 0 radical (unpaired) electrons. The van der Waals surface area contributed by atoms with Gasteiger partial charge in [0.15, 0.2) is 0 Å². The van der Waals surface area contributed by atoms with E-state index < -0.39 is 6.10 Å². The molecule has 0 aliphatic rings. The van der Waals surface area contributed by atoms with Crippen LogP contribution in [-0.2, 0) is 32.4 Å². The summed E-state index contributed by atoms with van der Waals surface area (Å²) < 4.78 is 3.63. The number of nitrogens with zero attached hydrogens (tertiary/aromatic N) is 4. The van der Waals surface area contributed by atoms with E-state index >= 15 is 0 Å². The second-order valence-corrected chi connectivity index (χ2v) is 6.68. The van der Waals surface area contributed by atoms with Crippen molar-refractivity contribution in [3.63, 3.8) is 0 Å². The Labute approximate surface area is 126 Å². The third kappa shape index (κ3) is 3.35. The minimum Gasteiger partial charge on any atom is -0.388 e. The Morgan fingerprint density at radius 2 is 1.90 bits per heavy atom. The maximum Gasteiger partial charge on any atom is 0.0878 e. The average molecular weight is 290 g/mol. The molecule has 2 rings (SSSR count). The standard InChI is InChI=1S/C16H26N4O/c1-7-11-8-12(20(6)17-11)9-14(21)13-10-19(5)18-15(13)16(2,3)4/h8,10,14,21H,7,9H2,1-6H3. The minimum absolute atomic E-state index is 0.0847. The first-order valence-corrected chi connectivity index (χ1v) is 7.46. The fourth-order valence-corrected chi connectivity index (χ4v) is 2.58. The highest BCUT2D eigenvalue weighted by Crippen LogP contribution is 2.30. The van der Waals surface area contributed by atoms with E-state index in [2.05, 4.69) is 44.0 Å². The van der Waals surface area contributed by atoms with Gasteiger partial charge >= 0.3 is 0 Å². The molecule has 0 amide bonds. The molecule has 1 unspecified atom stereocenters. The highest BCUT2D eigenvalue weighted by molar-refractivity contribution is 5.27. The van der Waals surface area contributed by atoms with Gasteiger partial charge in [-0.1, -0.05) is 27.7 Å². The lowest BCUT2D eigenvalue weighted by atomic mass is 9.87. The van der Waals surface area contributed by atoms with Crippen molar-refractivity contribution in [1.82, 2.24) is 19.6 Å². The molecule has 0 aliphatic heterocycles. The fraction of sp³-hybridized carbons (Fsp3) is 0.625. The molecule has 1 N–H and O–H groups in total. The fourth-order valence-electron chi connectivity index (χ4n) is 2.58. The van der Waals surface area contributed by atoms with Gasteiger partial charge in [0.1, 0.15) is 0 Å². The highest BCUT2D eigenvalue weighted by Gasteiger charge is 2.26. The molecule has 0 bridgehead atoms. The molecule has 5 nitrogen and oxygen atoms in total. The summed E-state index contributed by atoms with van der Waals surface area (Å²) in [7, 11) is 3.82. The maximum atomic E-state index is 10.6. The van der Waals surface area contributed by atoms with Crippen LogP contribution in [0.3, 0.4) is 0 Å². The number of aliphatic hydroxyl groups excluding tert-OH is 1. The van der Waals surface area contributed by atoms with Crippen LogP contribution in [0.25, 0.3) is 0 Å². The largest absolute Gasteiger partial charge is 0.388 e. The Balaban J connectivity index is 2.28. The zero-order valence-electron chi connectivity index (χ0n) is 13.9. The van der Waals surface area contributed by atoms with Crippen LogP contribution in [0, 0.1) is 0 Å². The first kappa shape index (κ1) is 15.8. The van der Waals surface area contributed by atoms with E-state index in [1.807, 2.05) is 25.0 Å². The van der Waals surface area contributed by atoms with Crippen molar-refractivity contribution in [1.29, 1.82) is 0 Å². The predicted octanol–water partition coefficient (Wildman–Crippen LogP) is 2.29. The minimum atomic E-state index is -0.562.